The predicted octanol–water partition coefficient (Wildman–Crippen LogP) is 4.85. The van der Waals surface area contributed by atoms with Crippen molar-refractivity contribution in [3.63, 3.8) is 0 Å². The molecular formula is C19H18N2OS2. The zero-order valence-corrected chi connectivity index (χ0v) is 15.0. The Morgan fingerprint density at radius 1 is 1.12 bits per heavy atom. The molecule has 5 heteroatoms. The molecule has 0 aliphatic carbocycles. The first-order valence-corrected chi connectivity index (χ1v) is 9.64. The first kappa shape index (κ1) is 16.7. The minimum Gasteiger partial charge on any atom is -0.346 e. The summed E-state index contributed by atoms with van der Waals surface area (Å²) in [7, 11) is 0. The molecule has 3 aromatic rings. The maximum Gasteiger partial charge on any atom is 0.252 e. The molecule has 3 rings (SSSR count). The van der Waals surface area contributed by atoms with Gasteiger partial charge in [-0.25, -0.2) is 4.98 Å². The van der Waals surface area contributed by atoms with E-state index in [1.807, 2.05) is 60.0 Å². The Kier molecular flexibility index (Phi) is 5.67. The molecule has 24 heavy (non-hydrogen) atoms. The number of nitrogens with one attached hydrogen (secondary N) is 1. The molecule has 1 N–H and O–H groups in total. The van der Waals surface area contributed by atoms with E-state index in [2.05, 4.69) is 17.2 Å². The summed E-state index contributed by atoms with van der Waals surface area (Å²) in [6.07, 6.45) is 0. The van der Waals surface area contributed by atoms with E-state index >= 15 is 0 Å². The molecule has 0 saturated heterocycles. The summed E-state index contributed by atoms with van der Waals surface area (Å²) < 4.78 is 0. The van der Waals surface area contributed by atoms with Crippen molar-refractivity contribution in [1.29, 1.82) is 0 Å². The third-order valence-corrected chi connectivity index (χ3v) is 5.33. The zero-order valence-electron chi connectivity index (χ0n) is 13.4. The molecule has 0 radical (unpaired) electrons. The Bertz CT molecular complexity index is 815. The molecule has 0 atom stereocenters. The van der Waals surface area contributed by atoms with Crippen LogP contribution in [0.25, 0.3) is 10.6 Å². The number of rotatable bonds is 6. The summed E-state index contributed by atoms with van der Waals surface area (Å²) in [6, 6.07) is 17.8. The van der Waals surface area contributed by atoms with Gasteiger partial charge in [0, 0.05) is 15.8 Å². The normalized spacial score (nSPS) is 10.5. The maximum atomic E-state index is 12.4. The van der Waals surface area contributed by atoms with Gasteiger partial charge in [-0.15, -0.1) is 23.1 Å². The molecular weight excluding hydrogens is 336 g/mol. The van der Waals surface area contributed by atoms with Crippen LogP contribution in [0.5, 0.6) is 0 Å². The van der Waals surface area contributed by atoms with Crippen LogP contribution < -0.4 is 5.32 Å². The van der Waals surface area contributed by atoms with E-state index in [0.29, 0.717) is 6.54 Å². The molecule has 1 aromatic heterocycles. The van der Waals surface area contributed by atoms with Crippen molar-refractivity contribution in [2.45, 2.75) is 18.4 Å². The minimum atomic E-state index is -0.0548. The van der Waals surface area contributed by atoms with Crippen LogP contribution in [-0.2, 0) is 6.54 Å². The van der Waals surface area contributed by atoms with Crippen LogP contribution in [0.15, 0.2) is 64.9 Å². The fourth-order valence-electron chi connectivity index (χ4n) is 2.30. The van der Waals surface area contributed by atoms with Gasteiger partial charge in [0.1, 0.15) is 5.01 Å². The Labute approximate surface area is 150 Å². The van der Waals surface area contributed by atoms with E-state index in [-0.39, 0.29) is 5.91 Å². The van der Waals surface area contributed by atoms with E-state index in [9.17, 15) is 4.79 Å². The van der Waals surface area contributed by atoms with Gasteiger partial charge in [0.05, 0.1) is 17.8 Å². The largest absolute Gasteiger partial charge is 0.346 e. The van der Waals surface area contributed by atoms with Gasteiger partial charge in [-0.1, -0.05) is 49.4 Å². The van der Waals surface area contributed by atoms with Crippen molar-refractivity contribution in [3.05, 3.63) is 71.2 Å². The molecule has 0 aliphatic heterocycles. The van der Waals surface area contributed by atoms with Crippen molar-refractivity contribution < 1.29 is 4.79 Å². The van der Waals surface area contributed by atoms with Crippen molar-refractivity contribution in [2.75, 3.05) is 5.75 Å². The number of thioether (sulfide) groups is 1. The minimum absolute atomic E-state index is 0.0548. The molecule has 0 spiro atoms. The Morgan fingerprint density at radius 3 is 2.67 bits per heavy atom. The molecule has 0 fully saturated rings. The third-order valence-electron chi connectivity index (χ3n) is 3.43. The molecule has 0 unspecified atom stereocenters. The van der Waals surface area contributed by atoms with Gasteiger partial charge in [0.2, 0.25) is 0 Å². The molecule has 0 aliphatic rings. The highest BCUT2D eigenvalue weighted by Gasteiger charge is 2.11. The SMILES string of the molecule is CCSc1ccccc1C(=O)NCc1csc(-c2ccccc2)n1. The zero-order chi connectivity index (χ0) is 16.8. The highest BCUT2D eigenvalue weighted by atomic mass is 32.2. The van der Waals surface area contributed by atoms with Crippen LogP contribution in [-0.4, -0.2) is 16.6 Å². The van der Waals surface area contributed by atoms with Crippen LogP contribution in [0.3, 0.4) is 0 Å². The van der Waals surface area contributed by atoms with Gasteiger partial charge >= 0.3 is 0 Å². The molecule has 1 heterocycles. The van der Waals surface area contributed by atoms with Gasteiger partial charge in [0.15, 0.2) is 0 Å². The summed E-state index contributed by atoms with van der Waals surface area (Å²) in [4.78, 5) is 18.1. The number of nitrogens with zero attached hydrogens (tertiary/aromatic N) is 1. The molecule has 3 nitrogen and oxygen atoms in total. The highest BCUT2D eigenvalue weighted by molar-refractivity contribution is 7.99. The number of carbonyl (C=O) groups excluding carboxylic acids is 1. The summed E-state index contributed by atoms with van der Waals surface area (Å²) in [5, 5.41) is 5.94. The third kappa shape index (κ3) is 4.04. The van der Waals surface area contributed by atoms with Crippen LogP contribution in [0.4, 0.5) is 0 Å². The Balaban J connectivity index is 1.66. The van der Waals surface area contributed by atoms with Crippen LogP contribution in [0.2, 0.25) is 0 Å². The number of hydrogen-bond acceptors (Lipinski definition) is 4. The summed E-state index contributed by atoms with van der Waals surface area (Å²) in [6.45, 7) is 2.52. The number of aromatic nitrogens is 1. The maximum absolute atomic E-state index is 12.4. The Morgan fingerprint density at radius 2 is 1.88 bits per heavy atom. The average molecular weight is 355 g/mol. The lowest BCUT2D eigenvalue weighted by atomic mass is 10.2. The summed E-state index contributed by atoms with van der Waals surface area (Å²) >= 11 is 3.27. The molecule has 2 aromatic carbocycles. The number of hydrogen-bond donors (Lipinski definition) is 1. The monoisotopic (exact) mass is 354 g/mol. The van der Waals surface area contributed by atoms with Gasteiger partial charge < -0.3 is 5.32 Å². The summed E-state index contributed by atoms with van der Waals surface area (Å²) in [5.74, 6) is 0.886. The van der Waals surface area contributed by atoms with E-state index in [1.165, 1.54) is 0 Å². The summed E-state index contributed by atoms with van der Waals surface area (Å²) in [5.41, 5.74) is 2.71. The van der Waals surface area contributed by atoms with Crippen molar-refractivity contribution in [2.24, 2.45) is 0 Å². The van der Waals surface area contributed by atoms with Crippen molar-refractivity contribution in [3.8, 4) is 10.6 Å². The van der Waals surface area contributed by atoms with Gasteiger partial charge in [-0.2, -0.15) is 0 Å². The lowest BCUT2D eigenvalue weighted by Gasteiger charge is -2.08. The molecule has 0 bridgehead atoms. The smallest absolute Gasteiger partial charge is 0.252 e. The molecule has 1 amide bonds. The number of thiazole rings is 1. The predicted molar refractivity (Wildman–Crippen MR) is 102 cm³/mol. The fourth-order valence-corrected chi connectivity index (χ4v) is 3.93. The fraction of sp³-hybridized carbons (Fsp3) is 0.158. The Hall–Kier alpha value is -2.11. The van der Waals surface area contributed by atoms with Crippen molar-refractivity contribution >= 4 is 29.0 Å². The van der Waals surface area contributed by atoms with Gasteiger partial charge in [-0.05, 0) is 17.9 Å². The second-order valence-electron chi connectivity index (χ2n) is 5.12. The highest BCUT2D eigenvalue weighted by Crippen LogP contribution is 2.24. The topological polar surface area (TPSA) is 42.0 Å². The number of benzene rings is 2. The van der Waals surface area contributed by atoms with Crippen LogP contribution >= 0.6 is 23.1 Å². The van der Waals surface area contributed by atoms with E-state index in [1.54, 1.807) is 23.1 Å². The second kappa shape index (κ2) is 8.13. The standard InChI is InChI=1S/C19H18N2OS2/c1-2-23-17-11-7-6-10-16(17)18(22)20-12-15-13-24-19(21-15)14-8-4-3-5-9-14/h3-11,13H,2,12H2,1H3,(H,20,22). The van der Waals surface area contributed by atoms with E-state index < -0.39 is 0 Å². The quantitative estimate of drug-likeness (QED) is 0.643. The molecule has 122 valence electrons. The lowest BCUT2D eigenvalue weighted by molar-refractivity contribution is 0.0947. The lowest BCUT2D eigenvalue weighted by Crippen LogP contribution is -2.23. The van der Waals surface area contributed by atoms with Crippen molar-refractivity contribution in [1.82, 2.24) is 10.3 Å². The van der Waals surface area contributed by atoms with E-state index in [0.717, 1.165) is 32.5 Å². The first-order valence-electron chi connectivity index (χ1n) is 7.77. The molecule has 0 saturated carbocycles. The van der Waals surface area contributed by atoms with Crippen LogP contribution in [0.1, 0.15) is 23.0 Å². The second-order valence-corrected chi connectivity index (χ2v) is 7.29. The average Bonchev–Trinajstić information content (AvgIpc) is 3.10. The van der Waals surface area contributed by atoms with Crippen LogP contribution in [0, 0.1) is 0 Å². The number of carbonyl (C=O) groups is 1. The van der Waals surface area contributed by atoms with Gasteiger partial charge in [-0.3, -0.25) is 4.79 Å². The van der Waals surface area contributed by atoms with E-state index in [4.69, 9.17) is 0 Å². The first-order chi connectivity index (χ1) is 11.8. The van der Waals surface area contributed by atoms with Gasteiger partial charge in [0.25, 0.3) is 5.91 Å². The number of amides is 1.